The van der Waals surface area contributed by atoms with Crippen LogP contribution in [0.3, 0.4) is 0 Å². The minimum atomic E-state index is -3.46. The standard InChI is InChI=1S/C15H16Cl2NO3P/c1-20-22(19,21-2)15(18-12-6-4-3-5-7-12)13-9-8-11(16)10-14(13)17/h3-10,15,18H,1-2H3. The molecule has 118 valence electrons. The van der Waals surface area contributed by atoms with Crippen molar-refractivity contribution in [2.45, 2.75) is 5.78 Å². The van der Waals surface area contributed by atoms with Gasteiger partial charge in [0, 0.05) is 35.5 Å². The van der Waals surface area contributed by atoms with E-state index in [1.807, 2.05) is 30.3 Å². The second kappa shape index (κ2) is 7.49. The Bertz CT molecular complexity index is 674. The minimum Gasteiger partial charge on any atom is -0.368 e. The maximum Gasteiger partial charge on any atom is 0.356 e. The molecule has 1 N–H and O–H groups in total. The first-order valence-corrected chi connectivity index (χ1v) is 8.84. The van der Waals surface area contributed by atoms with E-state index in [0.717, 1.165) is 5.69 Å². The molecule has 22 heavy (non-hydrogen) atoms. The van der Waals surface area contributed by atoms with Crippen LogP contribution in [0.15, 0.2) is 48.5 Å². The lowest BCUT2D eigenvalue weighted by Crippen LogP contribution is -2.14. The molecule has 0 fully saturated rings. The number of hydrogen-bond acceptors (Lipinski definition) is 4. The molecule has 0 saturated carbocycles. The molecule has 2 aromatic carbocycles. The normalized spacial score (nSPS) is 12.9. The predicted octanol–water partition coefficient (Wildman–Crippen LogP) is 5.59. The predicted molar refractivity (Wildman–Crippen MR) is 90.9 cm³/mol. The van der Waals surface area contributed by atoms with Gasteiger partial charge in [0.2, 0.25) is 0 Å². The summed E-state index contributed by atoms with van der Waals surface area (Å²) in [5.74, 6) is -0.755. The van der Waals surface area contributed by atoms with Gasteiger partial charge in [-0.2, -0.15) is 0 Å². The van der Waals surface area contributed by atoms with Crippen molar-refractivity contribution in [3.63, 3.8) is 0 Å². The van der Waals surface area contributed by atoms with Gasteiger partial charge >= 0.3 is 7.60 Å². The fourth-order valence-corrected chi connectivity index (χ4v) is 4.07. The zero-order valence-corrected chi connectivity index (χ0v) is 14.5. The van der Waals surface area contributed by atoms with Gasteiger partial charge in [-0.1, -0.05) is 47.5 Å². The van der Waals surface area contributed by atoms with Crippen molar-refractivity contribution in [2.75, 3.05) is 19.5 Å². The van der Waals surface area contributed by atoms with Crippen molar-refractivity contribution < 1.29 is 13.6 Å². The third-order valence-electron chi connectivity index (χ3n) is 3.16. The molecule has 2 rings (SSSR count). The molecule has 0 aliphatic heterocycles. The fourth-order valence-electron chi connectivity index (χ4n) is 2.03. The number of para-hydroxylation sites is 1. The van der Waals surface area contributed by atoms with E-state index in [9.17, 15) is 4.57 Å². The van der Waals surface area contributed by atoms with Crippen LogP contribution in [0.25, 0.3) is 0 Å². The number of anilines is 1. The lowest BCUT2D eigenvalue weighted by Gasteiger charge is -2.27. The quantitative estimate of drug-likeness (QED) is 0.682. The molecule has 0 aliphatic rings. The lowest BCUT2D eigenvalue weighted by molar-refractivity contribution is 0.268. The van der Waals surface area contributed by atoms with Crippen molar-refractivity contribution >= 4 is 36.5 Å². The van der Waals surface area contributed by atoms with Gasteiger partial charge in [0.05, 0.1) is 0 Å². The molecule has 0 amide bonds. The molecular weight excluding hydrogens is 344 g/mol. The highest BCUT2D eigenvalue weighted by Crippen LogP contribution is 2.60. The summed E-state index contributed by atoms with van der Waals surface area (Å²) in [5, 5.41) is 4.04. The zero-order chi connectivity index (χ0) is 16.2. The van der Waals surface area contributed by atoms with Crippen LogP contribution in [0, 0.1) is 0 Å². The lowest BCUT2D eigenvalue weighted by atomic mass is 10.2. The van der Waals surface area contributed by atoms with Crippen LogP contribution in [-0.2, 0) is 13.6 Å². The Morgan fingerprint density at radius 1 is 1.05 bits per heavy atom. The van der Waals surface area contributed by atoms with Crippen molar-refractivity contribution in [1.82, 2.24) is 0 Å². The first-order valence-electron chi connectivity index (χ1n) is 6.48. The molecular formula is C15H16Cl2NO3P. The summed E-state index contributed by atoms with van der Waals surface area (Å²) < 4.78 is 23.2. The number of rotatable bonds is 6. The van der Waals surface area contributed by atoms with Crippen LogP contribution in [0.5, 0.6) is 0 Å². The highest BCUT2D eigenvalue weighted by Gasteiger charge is 2.36. The van der Waals surface area contributed by atoms with Crippen LogP contribution >= 0.6 is 30.8 Å². The highest BCUT2D eigenvalue weighted by atomic mass is 35.5. The molecule has 2 aromatic rings. The van der Waals surface area contributed by atoms with Crippen molar-refractivity contribution in [2.24, 2.45) is 0 Å². The number of nitrogens with one attached hydrogen (secondary N) is 1. The number of benzene rings is 2. The monoisotopic (exact) mass is 359 g/mol. The summed E-state index contributed by atoms with van der Waals surface area (Å²) in [6.07, 6.45) is 0. The van der Waals surface area contributed by atoms with Gasteiger partial charge < -0.3 is 14.4 Å². The fraction of sp³-hybridized carbons (Fsp3) is 0.200. The molecule has 0 aromatic heterocycles. The largest absolute Gasteiger partial charge is 0.368 e. The van der Waals surface area contributed by atoms with E-state index in [1.54, 1.807) is 18.2 Å². The molecule has 0 spiro atoms. The highest BCUT2D eigenvalue weighted by molar-refractivity contribution is 7.54. The molecule has 0 radical (unpaired) electrons. The van der Waals surface area contributed by atoms with E-state index >= 15 is 0 Å². The smallest absolute Gasteiger partial charge is 0.356 e. The summed E-state index contributed by atoms with van der Waals surface area (Å²) in [5.41, 5.74) is 1.36. The van der Waals surface area contributed by atoms with Gasteiger partial charge in [0.1, 0.15) is 0 Å². The topological polar surface area (TPSA) is 47.6 Å². The third-order valence-corrected chi connectivity index (χ3v) is 5.78. The van der Waals surface area contributed by atoms with Crippen LogP contribution in [0.1, 0.15) is 11.3 Å². The molecule has 7 heteroatoms. The summed E-state index contributed by atoms with van der Waals surface area (Å²) >= 11 is 12.2. The second-order valence-electron chi connectivity index (χ2n) is 4.48. The molecule has 0 saturated heterocycles. The summed E-state index contributed by atoms with van der Waals surface area (Å²) in [6, 6.07) is 14.3. The summed E-state index contributed by atoms with van der Waals surface area (Å²) in [7, 11) is -0.777. The number of halogens is 2. The van der Waals surface area contributed by atoms with E-state index in [-0.39, 0.29) is 0 Å². The first kappa shape index (κ1) is 17.3. The van der Waals surface area contributed by atoms with Gasteiger partial charge in [-0.3, -0.25) is 4.57 Å². The Kier molecular flexibility index (Phi) is 5.90. The molecule has 1 unspecified atom stereocenters. The number of hydrogen-bond donors (Lipinski definition) is 1. The Morgan fingerprint density at radius 3 is 2.23 bits per heavy atom. The minimum absolute atomic E-state index is 0.384. The summed E-state index contributed by atoms with van der Waals surface area (Å²) in [6.45, 7) is 0. The van der Waals surface area contributed by atoms with E-state index in [0.29, 0.717) is 15.6 Å². The Labute approximate surface area is 139 Å². The van der Waals surface area contributed by atoms with Gasteiger partial charge in [-0.05, 0) is 24.3 Å². The Morgan fingerprint density at radius 2 is 1.68 bits per heavy atom. The van der Waals surface area contributed by atoms with Gasteiger partial charge in [0.15, 0.2) is 5.78 Å². The van der Waals surface area contributed by atoms with E-state index in [1.165, 1.54) is 14.2 Å². The molecule has 1 atom stereocenters. The second-order valence-corrected chi connectivity index (χ2v) is 7.65. The molecule has 0 bridgehead atoms. The van der Waals surface area contributed by atoms with E-state index in [4.69, 9.17) is 32.2 Å². The van der Waals surface area contributed by atoms with Crippen LogP contribution < -0.4 is 5.32 Å². The Balaban J connectivity index is 2.48. The average molecular weight is 360 g/mol. The molecule has 0 aliphatic carbocycles. The average Bonchev–Trinajstić information content (AvgIpc) is 2.53. The van der Waals surface area contributed by atoms with Crippen molar-refractivity contribution in [3.05, 3.63) is 64.1 Å². The third kappa shape index (κ3) is 3.83. The van der Waals surface area contributed by atoms with Crippen LogP contribution in [0.2, 0.25) is 10.0 Å². The van der Waals surface area contributed by atoms with Gasteiger partial charge in [-0.25, -0.2) is 0 Å². The Hall–Kier alpha value is -1.03. The maximum absolute atomic E-state index is 12.9. The zero-order valence-electron chi connectivity index (χ0n) is 12.1. The molecule has 4 nitrogen and oxygen atoms in total. The van der Waals surface area contributed by atoms with Crippen molar-refractivity contribution in [3.8, 4) is 0 Å². The molecule has 0 heterocycles. The maximum atomic E-state index is 12.9. The summed E-state index contributed by atoms with van der Waals surface area (Å²) in [4.78, 5) is 0. The van der Waals surface area contributed by atoms with Gasteiger partial charge in [-0.15, -0.1) is 0 Å². The first-order chi connectivity index (χ1) is 10.5. The van der Waals surface area contributed by atoms with Crippen molar-refractivity contribution in [1.29, 1.82) is 0 Å². The van der Waals surface area contributed by atoms with Gasteiger partial charge in [0.25, 0.3) is 0 Å². The van der Waals surface area contributed by atoms with Crippen LogP contribution in [-0.4, -0.2) is 14.2 Å². The van der Waals surface area contributed by atoms with Crippen LogP contribution in [0.4, 0.5) is 5.69 Å². The SMILES string of the molecule is COP(=O)(OC)C(Nc1ccccc1)c1ccc(Cl)cc1Cl. The van der Waals surface area contributed by atoms with E-state index < -0.39 is 13.4 Å². The van der Waals surface area contributed by atoms with E-state index in [2.05, 4.69) is 5.32 Å².